The molecule has 1 aliphatic rings. The van der Waals surface area contributed by atoms with Crippen LogP contribution in [0, 0.1) is 0 Å². The van der Waals surface area contributed by atoms with Gasteiger partial charge in [0.15, 0.2) is 5.65 Å². The summed E-state index contributed by atoms with van der Waals surface area (Å²) in [6.45, 7) is 0. The number of hydrogen-bond donors (Lipinski definition) is 4. The number of benzene rings is 1. The minimum atomic E-state index is -0.504. The zero-order valence-electron chi connectivity index (χ0n) is 17.2. The second kappa shape index (κ2) is 7.44. The van der Waals surface area contributed by atoms with Crippen LogP contribution in [0.2, 0.25) is 0 Å². The first-order valence-corrected chi connectivity index (χ1v) is 10.3. The van der Waals surface area contributed by atoms with Crippen molar-refractivity contribution in [2.75, 3.05) is 5.32 Å². The summed E-state index contributed by atoms with van der Waals surface area (Å²) in [4.78, 5) is 30.1. The zero-order chi connectivity index (χ0) is 22.4. The third-order valence-electron chi connectivity index (χ3n) is 5.15. The second-order valence-corrected chi connectivity index (χ2v) is 7.65. The molecular formula is C21H18N10O2. The number of rotatable bonds is 5. The van der Waals surface area contributed by atoms with Crippen LogP contribution in [0.25, 0.3) is 17.4 Å². The maximum atomic E-state index is 11.5. The standard InChI is InChI=1S/C21H18N10O2/c32-18-16(26-21(33)28-18)10-12-11-23-31-17(12)27-19(29-20(31)25-14-2-3-14)24-13-4-6-15(7-5-13)30-9-1-8-22-30/h1,4-11,14,32H,2-3H2,(H,24,25,29)(H2,26,28,33). The molecular weight excluding hydrogens is 424 g/mol. The zero-order valence-corrected chi connectivity index (χ0v) is 17.2. The normalized spacial score (nSPS) is 14.9. The van der Waals surface area contributed by atoms with Gasteiger partial charge in [-0.25, -0.2) is 14.5 Å². The van der Waals surface area contributed by atoms with Crippen LogP contribution in [0.1, 0.15) is 18.5 Å². The quantitative estimate of drug-likeness (QED) is 0.307. The van der Waals surface area contributed by atoms with Gasteiger partial charge in [0.05, 0.1) is 17.9 Å². The number of H-pyrrole nitrogens is 2. The van der Waals surface area contributed by atoms with E-state index in [0.717, 1.165) is 24.2 Å². The summed E-state index contributed by atoms with van der Waals surface area (Å²) < 4.78 is 3.33. The fourth-order valence-electron chi connectivity index (χ4n) is 3.38. The molecule has 1 aromatic carbocycles. The molecule has 0 radical (unpaired) electrons. The van der Waals surface area contributed by atoms with Gasteiger partial charge in [-0.15, -0.1) is 0 Å². The van der Waals surface area contributed by atoms with Gasteiger partial charge in [-0.3, -0.25) is 4.98 Å². The van der Waals surface area contributed by atoms with Crippen molar-refractivity contribution in [2.45, 2.75) is 18.9 Å². The predicted molar refractivity (Wildman–Crippen MR) is 118 cm³/mol. The Morgan fingerprint density at radius 3 is 2.70 bits per heavy atom. The van der Waals surface area contributed by atoms with Crippen molar-refractivity contribution in [3.8, 4) is 11.6 Å². The second-order valence-electron chi connectivity index (χ2n) is 7.65. The van der Waals surface area contributed by atoms with Crippen molar-refractivity contribution < 1.29 is 5.11 Å². The lowest BCUT2D eigenvalue weighted by molar-refractivity contribution is 0.454. The molecule has 1 aliphatic carbocycles. The Bertz CT molecular complexity index is 1620. The van der Waals surface area contributed by atoms with E-state index < -0.39 is 5.69 Å². The fourth-order valence-corrected chi connectivity index (χ4v) is 3.38. The highest BCUT2D eigenvalue weighted by Gasteiger charge is 2.21. The molecule has 1 saturated carbocycles. The molecule has 12 heteroatoms. The summed E-state index contributed by atoms with van der Waals surface area (Å²) in [7, 11) is 0. The highest BCUT2D eigenvalue weighted by molar-refractivity contribution is 5.60. The van der Waals surface area contributed by atoms with Gasteiger partial charge in [0, 0.05) is 23.3 Å². The van der Waals surface area contributed by atoms with Crippen LogP contribution in [0.15, 0.2) is 58.7 Å². The molecule has 0 spiro atoms. The number of aromatic nitrogens is 8. The Hall–Kier alpha value is -4.74. The molecule has 1 fully saturated rings. The maximum Gasteiger partial charge on any atom is 0.326 e. The Morgan fingerprint density at radius 2 is 2.00 bits per heavy atom. The van der Waals surface area contributed by atoms with Crippen LogP contribution < -0.4 is 21.8 Å². The number of anilines is 2. The van der Waals surface area contributed by atoms with Crippen molar-refractivity contribution in [2.24, 2.45) is 4.99 Å². The molecule has 164 valence electrons. The highest BCUT2D eigenvalue weighted by atomic mass is 16.3. The number of aromatic hydroxyl groups is 1. The van der Waals surface area contributed by atoms with Crippen LogP contribution in [0.3, 0.4) is 0 Å². The van der Waals surface area contributed by atoms with E-state index in [1.165, 1.54) is 0 Å². The summed E-state index contributed by atoms with van der Waals surface area (Å²) >= 11 is 0. The highest BCUT2D eigenvalue weighted by Crippen LogP contribution is 2.22. The minimum absolute atomic E-state index is 0.228. The Morgan fingerprint density at radius 1 is 1.15 bits per heavy atom. The lowest BCUT2D eigenvalue weighted by atomic mass is 10.3. The van der Waals surface area contributed by atoms with Crippen LogP contribution in [0.5, 0.6) is 5.88 Å². The van der Waals surface area contributed by atoms with Gasteiger partial charge in [-0.1, -0.05) is 0 Å². The molecule has 0 saturated heterocycles. The van der Waals surface area contributed by atoms with E-state index in [2.05, 4.69) is 40.4 Å². The summed E-state index contributed by atoms with van der Waals surface area (Å²) in [5.41, 5.74) is 2.38. The molecule has 5 aromatic rings. The number of nitrogens with one attached hydrogen (secondary N) is 3. The number of imidazole rings is 1. The van der Waals surface area contributed by atoms with E-state index in [1.54, 1.807) is 27.7 Å². The van der Waals surface area contributed by atoms with Crippen molar-refractivity contribution in [3.05, 3.63) is 75.9 Å². The van der Waals surface area contributed by atoms with E-state index in [0.29, 0.717) is 22.4 Å². The average molecular weight is 442 g/mol. The minimum Gasteiger partial charge on any atom is -0.493 e. The fraction of sp³-hybridized carbons (Fsp3) is 0.143. The van der Waals surface area contributed by atoms with E-state index in [-0.39, 0.29) is 17.6 Å². The van der Waals surface area contributed by atoms with Crippen LogP contribution in [-0.2, 0) is 0 Å². The Kier molecular flexibility index (Phi) is 4.28. The smallest absolute Gasteiger partial charge is 0.326 e. The third kappa shape index (κ3) is 3.73. The molecule has 4 aromatic heterocycles. The molecule has 0 atom stereocenters. The topological polar surface area (TPSA) is 154 Å². The van der Waals surface area contributed by atoms with Crippen LogP contribution in [0.4, 0.5) is 11.6 Å². The first-order valence-electron chi connectivity index (χ1n) is 10.3. The molecule has 0 amide bonds. The number of hydrogen-bond acceptors (Lipinski definition) is 8. The molecule has 0 aliphatic heterocycles. The summed E-state index contributed by atoms with van der Waals surface area (Å²) in [5.74, 6) is 0.0996. The SMILES string of the molecule is O=c1[nH]c(O)c(C=c2cnn3c(=NC4CC4)nc(Nc4ccc(-n5cccn5)cc4)nc23)[nH]1. The maximum absolute atomic E-state index is 11.5. The number of fused-ring (bicyclic) bond motifs is 1. The Balaban J connectivity index is 1.43. The van der Waals surface area contributed by atoms with Crippen LogP contribution in [-0.4, -0.2) is 50.5 Å². The monoisotopic (exact) mass is 442 g/mol. The molecule has 0 bridgehead atoms. The van der Waals surface area contributed by atoms with Crippen molar-refractivity contribution in [3.63, 3.8) is 0 Å². The van der Waals surface area contributed by atoms with Gasteiger partial charge in [0.25, 0.3) is 5.62 Å². The van der Waals surface area contributed by atoms with Gasteiger partial charge in [0.1, 0.15) is 5.69 Å². The van der Waals surface area contributed by atoms with Crippen molar-refractivity contribution in [1.82, 2.24) is 39.3 Å². The van der Waals surface area contributed by atoms with Crippen LogP contribution >= 0.6 is 0 Å². The number of aromatic amines is 2. The summed E-state index contributed by atoms with van der Waals surface area (Å²) in [6.07, 6.45) is 8.81. The van der Waals surface area contributed by atoms with E-state index in [4.69, 9.17) is 0 Å². The van der Waals surface area contributed by atoms with Gasteiger partial charge in [-0.05, 0) is 49.2 Å². The van der Waals surface area contributed by atoms with E-state index >= 15 is 0 Å². The predicted octanol–water partition coefficient (Wildman–Crippen LogP) is 0.386. The summed E-state index contributed by atoms with van der Waals surface area (Å²) in [5, 5.41) is 22.3. The molecule has 6 rings (SSSR count). The van der Waals surface area contributed by atoms with E-state index in [9.17, 15) is 9.90 Å². The number of nitrogens with zero attached hydrogens (tertiary/aromatic N) is 7. The molecule has 12 nitrogen and oxygen atoms in total. The first kappa shape index (κ1) is 19.0. The third-order valence-corrected chi connectivity index (χ3v) is 5.15. The van der Waals surface area contributed by atoms with Gasteiger partial charge < -0.3 is 15.4 Å². The van der Waals surface area contributed by atoms with Crippen molar-refractivity contribution in [1.29, 1.82) is 0 Å². The first-order chi connectivity index (χ1) is 16.1. The molecule has 0 unspecified atom stereocenters. The van der Waals surface area contributed by atoms with Gasteiger partial charge in [-0.2, -0.15) is 24.7 Å². The molecule has 33 heavy (non-hydrogen) atoms. The van der Waals surface area contributed by atoms with E-state index in [1.807, 2.05) is 36.5 Å². The largest absolute Gasteiger partial charge is 0.493 e. The molecule has 4 heterocycles. The summed E-state index contributed by atoms with van der Waals surface area (Å²) in [6, 6.07) is 9.79. The molecule has 4 N–H and O–H groups in total. The van der Waals surface area contributed by atoms with Gasteiger partial charge in [0.2, 0.25) is 11.8 Å². The average Bonchev–Trinajstić information content (AvgIpc) is 3.17. The lowest BCUT2D eigenvalue weighted by Gasteiger charge is -2.07. The lowest BCUT2D eigenvalue weighted by Crippen LogP contribution is -2.24. The van der Waals surface area contributed by atoms with Crippen molar-refractivity contribution >= 4 is 23.4 Å². The van der Waals surface area contributed by atoms with Gasteiger partial charge >= 0.3 is 5.69 Å². The Labute approximate surface area is 185 Å².